The summed E-state index contributed by atoms with van der Waals surface area (Å²) < 4.78 is 5.09. The first-order valence-corrected chi connectivity index (χ1v) is 7.45. The quantitative estimate of drug-likeness (QED) is 0.565. The molecule has 0 amide bonds. The monoisotopic (exact) mass is 324 g/mol. The third-order valence-corrected chi connectivity index (χ3v) is 3.83. The second-order valence-electron chi connectivity index (χ2n) is 5.09. The topological polar surface area (TPSA) is 83.8 Å². The number of carbonyl (C=O) groups excluding carboxylic acids is 2. The van der Waals surface area contributed by atoms with E-state index in [-0.39, 0.29) is 40.7 Å². The van der Waals surface area contributed by atoms with Crippen LogP contribution in [0.3, 0.4) is 0 Å². The van der Waals surface area contributed by atoms with Crippen LogP contribution in [-0.4, -0.2) is 28.6 Å². The van der Waals surface area contributed by atoms with Crippen LogP contribution in [0.2, 0.25) is 5.02 Å². The van der Waals surface area contributed by atoms with Crippen molar-refractivity contribution in [1.29, 1.82) is 0 Å². The van der Waals surface area contributed by atoms with Crippen molar-refractivity contribution in [3.8, 4) is 11.5 Å². The van der Waals surface area contributed by atoms with E-state index in [1.807, 2.05) is 12.2 Å². The first-order chi connectivity index (χ1) is 10.5. The van der Waals surface area contributed by atoms with Crippen molar-refractivity contribution in [2.75, 3.05) is 6.61 Å². The molecule has 1 aliphatic heterocycles. The molecule has 1 heterocycles. The maximum atomic E-state index is 12.1. The van der Waals surface area contributed by atoms with E-state index >= 15 is 0 Å². The van der Waals surface area contributed by atoms with Gasteiger partial charge < -0.3 is 14.9 Å². The fraction of sp³-hybridized carbons (Fsp3) is 0.375. The molecule has 0 bridgehead atoms. The van der Waals surface area contributed by atoms with Crippen molar-refractivity contribution in [3.05, 3.63) is 34.4 Å². The molecule has 0 saturated carbocycles. The smallest absolute Gasteiger partial charge is 0.342 e. The van der Waals surface area contributed by atoms with Crippen molar-refractivity contribution in [2.45, 2.75) is 32.1 Å². The second kappa shape index (κ2) is 7.31. The molecule has 0 radical (unpaired) electrons. The van der Waals surface area contributed by atoms with Gasteiger partial charge in [0.15, 0.2) is 0 Å². The van der Waals surface area contributed by atoms with Crippen LogP contribution in [0.4, 0.5) is 0 Å². The minimum absolute atomic E-state index is 0.105. The number of cyclic esters (lactones) is 1. The Balaban J connectivity index is 2.43. The maximum absolute atomic E-state index is 12.1. The van der Waals surface area contributed by atoms with Gasteiger partial charge >= 0.3 is 5.97 Å². The average Bonchev–Trinajstić information content (AvgIpc) is 2.47. The third-order valence-electron chi connectivity index (χ3n) is 3.41. The van der Waals surface area contributed by atoms with Crippen LogP contribution in [0, 0.1) is 0 Å². The molecule has 5 nitrogen and oxygen atoms in total. The first kappa shape index (κ1) is 16.4. The fourth-order valence-electron chi connectivity index (χ4n) is 2.31. The Morgan fingerprint density at radius 3 is 2.59 bits per heavy atom. The number of Topliss-reactive ketones (excluding diaryl/α,β-unsaturated/α-hetero) is 1. The van der Waals surface area contributed by atoms with Crippen LogP contribution >= 0.6 is 11.6 Å². The third kappa shape index (κ3) is 3.80. The number of hydrogen-bond donors (Lipinski definition) is 2. The van der Waals surface area contributed by atoms with Gasteiger partial charge in [0.1, 0.15) is 22.8 Å². The number of hydrogen-bond acceptors (Lipinski definition) is 5. The fourth-order valence-corrected chi connectivity index (χ4v) is 2.52. The van der Waals surface area contributed by atoms with E-state index in [0.717, 1.165) is 12.5 Å². The molecule has 2 N–H and O–H groups in total. The summed E-state index contributed by atoms with van der Waals surface area (Å²) in [5.74, 6) is -1.69. The predicted molar refractivity (Wildman–Crippen MR) is 81.4 cm³/mol. The number of rotatable bonds is 0. The Hall–Kier alpha value is -2.01. The molecule has 0 saturated heterocycles. The van der Waals surface area contributed by atoms with Crippen molar-refractivity contribution in [1.82, 2.24) is 0 Å². The Kier molecular flexibility index (Phi) is 5.44. The molecular formula is C16H17ClO5. The lowest BCUT2D eigenvalue weighted by Gasteiger charge is -2.13. The van der Waals surface area contributed by atoms with E-state index in [1.165, 1.54) is 0 Å². The van der Waals surface area contributed by atoms with Crippen molar-refractivity contribution < 1.29 is 24.5 Å². The first-order valence-electron chi connectivity index (χ1n) is 7.08. The molecule has 0 unspecified atom stereocenters. The molecule has 1 aromatic rings. The van der Waals surface area contributed by atoms with E-state index in [4.69, 9.17) is 16.3 Å². The highest BCUT2D eigenvalue weighted by atomic mass is 35.5. The molecule has 2 rings (SSSR count). The number of phenolic OH excluding ortho intramolecular Hbond substituents is 2. The van der Waals surface area contributed by atoms with Gasteiger partial charge in [-0.1, -0.05) is 23.8 Å². The number of fused-ring (bicyclic) bond motifs is 1. The van der Waals surface area contributed by atoms with Gasteiger partial charge in [0, 0.05) is 24.5 Å². The Morgan fingerprint density at radius 1 is 1.09 bits per heavy atom. The van der Waals surface area contributed by atoms with Crippen LogP contribution < -0.4 is 0 Å². The van der Waals surface area contributed by atoms with E-state index < -0.39 is 11.7 Å². The number of phenols is 2. The molecule has 0 aromatic heterocycles. The minimum Gasteiger partial charge on any atom is -0.507 e. The molecule has 0 atom stereocenters. The van der Waals surface area contributed by atoms with Crippen LogP contribution in [-0.2, 0) is 16.0 Å². The van der Waals surface area contributed by atoms with Crippen molar-refractivity contribution in [2.24, 2.45) is 0 Å². The van der Waals surface area contributed by atoms with Crippen LogP contribution in [0.1, 0.15) is 41.6 Å². The Bertz CT molecular complexity index is 621. The highest BCUT2D eigenvalue weighted by Crippen LogP contribution is 2.37. The number of halogens is 1. The molecule has 22 heavy (non-hydrogen) atoms. The van der Waals surface area contributed by atoms with Crippen LogP contribution in [0.15, 0.2) is 18.2 Å². The largest absolute Gasteiger partial charge is 0.507 e. The van der Waals surface area contributed by atoms with E-state index in [1.54, 1.807) is 0 Å². The van der Waals surface area contributed by atoms with Gasteiger partial charge in [0.2, 0.25) is 0 Å². The molecule has 1 aromatic carbocycles. The lowest BCUT2D eigenvalue weighted by atomic mass is 9.98. The minimum atomic E-state index is -0.755. The number of carbonyl (C=O) groups is 2. The second-order valence-corrected chi connectivity index (χ2v) is 5.46. The average molecular weight is 325 g/mol. The van der Waals surface area contributed by atoms with Crippen molar-refractivity contribution in [3.63, 3.8) is 0 Å². The summed E-state index contributed by atoms with van der Waals surface area (Å²) in [6, 6.07) is 0.977. The number of allylic oxidation sites excluding steroid dienone is 1. The molecule has 0 spiro atoms. The van der Waals surface area contributed by atoms with Gasteiger partial charge in [-0.2, -0.15) is 0 Å². The molecule has 1 aliphatic rings. The lowest BCUT2D eigenvalue weighted by molar-refractivity contribution is -0.118. The van der Waals surface area contributed by atoms with E-state index in [2.05, 4.69) is 0 Å². The summed E-state index contributed by atoms with van der Waals surface area (Å²) in [7, 11) is 0. The number of esters is 1. The normalized spacial score (nSPS) is 18.4. The van der Waals surface area contributed by atoms with E-state index in [9.17, 15) is 19.8 Å². The Morgan fingerprint density at radius 2 is 1.82 bits per heavy atom. The number of aromatic hydroxyl groups is 2. The van der Waals surface area contributed by atoms with Gasteiger partial charge in [0.05, 0.1) is 11.6 Å². The summed E-state index contributed by atoms with van der Waals surface area (Å²) >= 11 is 6.01. The van der Waals surface area contributed by atoms with Gasteiger partial charge in [-0.25, -0.2) is 4.79 Å². The molecule has 6 heteroatoms. The molecule has 118 valence electrons. The summed E-state index contributed by atoms with van der Waals surface area (Å²) in [6.45, 7) is 0.167. The summed E-state index contributed by atoms with van der Waals surface area (Å²) in [6.07, 6.45) is 6.07. The standard InChI is InChI=1S/C16H17ClO5/c17-15-11-8-10(18)6-4-2-1-3-5-7-22-16(21)14(11)12(19)9-13(15)20/h1,3,9,19-20H,2,4-8H2/b3-1+. The Labute approximate surface area is 133 Å². The molecule has 0 aliphatic carbocycles. The summed E-state index contributed by atoms with van der Waals surface area (Å²) in [5.41, 5.74) is -0.0410. The van der Waals surface area contributed by atoms with Gasteiger partial charge in [0.25, 0.3) is 0 Å². The maximum Gasteiger partial charge on any atom is 0.342 e. The van der Waals surface area contributed by atoms with Crippen LogP contribution in [0.5, 0.6) is 11.5 Å². The number of ketones is 1. The number of ether oxygens (including phenoxy) is 1. The SMILES string of the molecule is O=C1CCC/C=C/CCOC(=O)c2c(O)cc(O)c(Cl)c2C1. The summed E-state index contributed by atoms with van der Waals surface area (Å²) in [5, 5.41) is 19.5. The van der Waals surface area contributed by atoms with Gasteiger partial charge in [-0.3, -0.25) is 4.79 Å². The zero-order valence-corrected chi connectivity index (χ0v) is 12.7. The molecular weight excluding hydrogens is 308 g/mol. The zero-order valence-electron chi connectivity index (χ0n) is 12.0. The van der Waals surface area contributed by atoms with Gasteiger partial charge in [-0.15, -0.1) is 0 Å². The zero-order chi connectivity index (χ0) is 16.1. The highest BCUT2D eigenvalue weighted by Gasteiger charge is 2.24. The molecule has 0 fully saturated rings. The van der Waals surface area contributed by atoms with Gasteiger partial charge in [-0.05, 0) is 19.3 Å². The number of benzene rings is 1. The summed E-state index contributed by atoms with van der Waals surface area (Å²) in [4.78, 5) is 24.2. The van der Waals surface area contributed by atoms with Crippen LogP contribution in [0.25, 0.3) is 0 Å². The lowest BCUT2D eigenvalue weighted by Crippen LogP contribution is -2.13. The van der Waals surface area contributed by atoms with Crippen molar-refractivity contribution >= 4 is 23.4 Å². The van der Waals surface area contributed by atoms with E-state index in [0.29, 0.717) is 19.3 Å². The predicted octanol–water partition coefficient (Wildman–Crippen LogP) is 3.15. The highest BCUT2D eigenvalue weighted by molar-refractivity contribution is 6.33.